The fourth-order valence-electron chi connectivity index (χ4n) is 2.32. The van der Waals surface area contributed by atoms with Crippen molar-refractivity contribution < 1.29 is 17.1 Å². The fraction of sp³-hybridized carbons (Fsp3) is 0.0667. The van der Waals surface area contributed by atoms with Crippen LogP contribution in [-0.2, 0) is 15.3 Å². The lowest BCUT2D eigenvalue weighted by atomic mass is 10.0. The molecule has 124 valence electrons. The number of pyridine rings is 1. The molecule has 2 aromatic heterocycles. The van der Waals surface area contributed by atoms with Crippen LogP contribution >= 0.6 is 0 Å². The van der Waals surface area contributed by atoms with Crippen molar-refractivity contribution in [1.29, 1.82) is 0 Å². The summed E-state index contributed by atoms with van der Waals surface area (Å²) >= 11 is 0. The average Bonchev–Trinajstić information content (AvgIpc) is 3.01. The molecule has 0 amide bonds. The number of hydrogen-bond donors (Lipinski definition) is 2. The number of anilines is 1. The highest BCUT2D eigenvalue weighted by molar-refractivity contribution is 7.67. The number of nitrogens with zero attached hydrogens (tertiary/aromatic N) is 3. The molecule has 3 aromatic rings. The Bertz CT molecular complexity index is 902. The molecule has 0 bridgehead atoms. The monoisotopic (exact) mass is 348 g/mol. The maximum Gasteiger partial charge on any atom is 0.278 e. The van der Waals surface area contributed by atoms with Crippen molar-refractivity contribution in [2.24, 2.45) is 0 Å². The standard InChI is InChI=1S/C15H13FN4O3S/c1-20(23-24(21)22)15-13(10-2-4-12(16)5-3-10)14(18-19-15)11-6-8-17-9-7-11/h2-9,24H,1H3,(H,18,19). The summed E-state index contributed by atoms with van der Waals surface area (Å²) in [4.78, 5) is 3.97. The van der Waals surface area contributed by atoms with Crippen LogP contribution in [0.25, 0.3) is 22.4 Å². The van der Waals surface area contributed by atoms with E-state index in [1.54, 1.807) is 36.7 Å². The number of halogens is 1. The Morgan fingerprint density at radius 1 is 1.08 bits per heavy atom. The first-order valence-corrected chi connectivity index (χ1v) is 7.96. The van der Waals surface area contributed by atoms with Crippen LogP contribution in [0.2, 0.25) is 0 Å². The molecule has 0 radical (unpaired) electrons. The quantitative estimate of drug-likeness (QED) is 0.543. The minimum atomic E-state index is -3.09. The van der Waals surface area contributed by atoms with E-state index in [9.17, 15) is 12.8 Å². The zero-order valence-corrected chi connectivity index (χ0v) is 13.4. The lowest BCUT2D eigenvalue weighted by Gasteiger charge is -2.14. The van der Waals surface area contributed by atoms with E-state index in [-0.39, 0.29) is 11.6 Å². The van der Waals surface area contributed by atoms with Crippen LogP contribution in [0, 0.1) is 5.82 Å². The summed E-state index contributed by atoms with van der Waals surface area (Å²) in [5, 5.41) is 8.04. The Kier molecular flexibility index (Phi) is 4.54. The largest absolute Gasteiger partial charge is 0.278 e. The first-order valence-electron chi connectivity index (χ1n) is 6.87. The molecule has 0 spiro atoms. The van der Waals surface area contributed by atoms with Gasteiger partial charge in [0, 0.05) is 25.0 Å². The molecule has 0 aliphatic heterocycles. The normalized spacial score (nSPS) is 11.0. The molecule has 3 rings (SSSR count). The number of aromatic amines is 1. The second-order valence-corrected chi connectivity index (χ2v) is 5.45. The number of rotatable bonds is 5. The van der Waals surface area contributed by atoms with Gasteiger partial charge in [-0.3, -0.25) is 10.1 Å². The maximum absolute atomic E-state index is 13.2. The molecule has 2 heterocycles. The number of thiol groups is 1. The number of H-pyrrole nitrogens is 1. The minimum absolute atomic E-state index is 0.257. The van der Waals surface area contributed by atoms with Gasteiger partial charge in [0.1, 0.15) is 5.82 Å². The number of aromatic nitrogens is 3. The van der Waals surface area contributed by atoms with Gasteiger partial charge < -0.3 is 0 Å². The highest BCUT2D eigenvalue weighted by Gasteiger charge is 2.20. The molecule has 0 saturated carbocycles. The second-order valence-electron chi connectivity index (χ2n) is 4.84. The van der Waals surface area contributed by atoms with Gasteiger partial charge >= 0.3 is 0 Å². The lowest BCUT2D eigenvalue weighted by molar-refractivity contribution is 0.317. The summed E-state index contributed by atoms with van der Waals surface area (Å²) in [6.07, 6.45) is 3.25. The number of nitrogens with one attached hydrogen (secondary N) is 1. The van der Waals surface area contributed by atoms with Crippen molar-refractivity contribution >= 4 is 16.8 Å². The topological polar surface area (TPSA) is 88.2 Å². The van der Waals surface area contributed by atoms with Crippen LogP contribution < -0.4 is 5.06 Å². The van der Waals surface area contributed by atoms with E-state index in [1.165, 1.54) is 19.2 Å². The number of hydrogen-bond acceptors (Lipinski definition) is 6. The van der Waals surface area contributed by atoms with Crippen LogP contribution in [0.3, 0.4) is 0 Å². The van der Waals surface area contributed by atoms with E-state index < -0.39 is 11.0 Å². The Morgan fingerprint density at radius 2 is 1.75 bits per heavy atom. The van der Waals surface area contributed by atoms with Crippen molar-refractivity contribution in [3.8, 4) is 22.4 Å². The SMILES string of the molecule is CN(O[SH](=O)=O)c1n[nH]c(-c2ccncc2)c1-c1ccc(F)cc1. The van der Waals surface area contributed by atoms with Crippen molar-refractivity contribution in [3.05, 3.63) is 54.6 Å². The van der Waals surface area contributed by atoms with Gasteiger partial charge in [-0.1, -0.05) is 12.1 Å². The molecular weight excluding hydrogens is 335 g/mol. The zero-order valence-electron chi connectivity index (χ0n) is 12.5. The van der Waals surface area contributed by atoms with Crippen LogP contribution in [0.15, 0.2) is 48.8 Å². The Morgan fingerprint density at radius 3 is 2.38 bits per heavy atom. The molecule has 0 aliphatic rings. The van der Waals surface area contributed by atoms with Gasteiger partial charge in [0.15, 0.2) is 5.82 Å². The average molecular weight is 348 g/mol. The van der Waals surface area contributed by atoms with Crippen LogP contribution in [0.5, 0.6) is 0 Å². The molecule has 0 saturated heterocycles. The molecule has 1 aromatic carbocycles. The van der Waals surface area contributed by atoms with Gasteiger partial charge in [-0.2, -0.15) is 5.10 Å². The molecule has 1 N–H and O–H groups in total. The molecule has 0 fully saturated rings. The molecule has 0 aliphatic carbocycles. The molecular formula is C15H13FN4O3S. The summed E-state index contributed by atoms with van der Waals surface area (Å²) in [5.74, 6) is -0.117. The summed E-state index contributed by atoms with van der Waals surface area (Å²) in [5.41, 5.74) is 2.67. The highest BCUT2D eigenvalue weighted by atomic mass is 32.2. The lowest BCUT2D eigenvalue weighted by Crippen LogP contribution is -2.17. The van der Waals surface area contributed by atoms with Gasteiger partial charge in [-0.15, -0.1) is 4.28 Å². The highest BCUT2D eigenvalue weighted by Crippen LogP contribution is 2.37. The third-order valence-electron chi connectivity index (χ3n) is 3.34. The molecule has 0 unspecified atom stereocenters. The Balaban J connectivity index is 2.17. The fourth-order valence-corrected chi connectivity index (χ4v) is 2.59. The zero-order chi connectivity index (χ0) is 17.1. The second kappa shape index (κ2) is 6.77. The third-order valence-corrected chi connectivity index (χ3v) is 3.71. The molecule has 0 atom stereocenters. The van der Waals surface area contributed by atoms with Crippen molar-refractivity contribution in [2.45, 2.75) is 0 Å². The van der Waals surface area contributed by atoms with Gasteiger partial charge in [0.25, 0.3) is 11.0 Å². The minimum Gasteiger partial charge on any atom is -0.275 e. The van der Waals surface area contributed by atoms with E-state index in [0.717, 1.165) is 10.6 Å². The van der Waals surface area contributed by atoms with Crippen molar-refractivity contribution in [2.75, 3.05) is 12.1 Å². The van der Waals surface area contributed by atoms with E-state index in [1.807, 2.05) is 0 Å². The van der Waals surface area contributed by atoms with Crippen LogP contribution in [0.4, 0.5) is 10.2 Å². The van der Waals surface area contributed by atoms with Gasteiger partial charge in [-0.25, -0.2) is 17.9 Å². The van der Waals surface area contributed by atoms with Gasteiger partial charge in [0.2, 0.25) is 0 Å². The number of benzene rings is 1. The summed E-state index contributed by atoms with van der Waals surface area (Å²) in [6.45, 7) is 0. The summed E-state index contributed by atoms with van der Waals surface area (Å²) in [7, 11) is -1.67. The van der Waals surface area contributed by atoms with E-state index >= 15 is 0 Å². The van der Waals surface area contributed by atoms with E-state index in [4.69, 9.17) is 0 Å². The molecule has 24 heavy (non-hydrogen) atoms. The molecule has 9 heteroatoms. The summed E-state index contributed by atoms with van der Waals surface area (Å²) < 4.78 is 39.6. The first kappa shape index (κ1) is 16.1. The van der Waals surface area contributed by atoms with Gasteiger partial charge in [0.05, 0.1) is 11.3 Å². The van der Waals surface area contributed by atoms with E-state index in [0.29, 0.717) is 16.8 Å². The Labute approximate surface area is 138 Å². The summed E-state index contributed by atoms with van der Waals surface area (Å²) in [6, 6.07) is 9.35. The third kappa shape index (κ3) is 3.26. The van der Waals surface area contributed by atoms with Crippen LogP contribution in [-0.4, -0.2) is 30.6 Å². The molecule has 7 nitrogen and oxygen atoms in total. The van der Waals surface area contributed by atoms with Crippen molar-refractivity contribution in [3.63, 3.8) is 0 Å². The number of hydroxylamine groups is 1. The van der Waals surface area contributed by atoms with Crippen LogP contribution in [0.1, 0.15) is 0 Å². The predicted octanol–water partition coefficient (Wildman–Crippen LogP) is 2.17. The van der Waals surface area contributed by atoms with E-state index in [2.05, 4.69) is 19.5 Å². The van der Waals surface area contributed by atoms with Crippen molar-refractivity contribution in [1.82, 2.24) is 15.2 Å². The predicted molar refractivity (Wildman–Crippen MR) is 87.0 cm³/mol. The Hall–Kier alpha value is -2.78. The smallest absolute Gasteiger partial charge is 0.275 e. The van der Waals surface area contributed by atoms with Gasteiger partial charge in [-0.05, 0) is 29.8 Å². The maximum atomic E-state index is 13.2. The first-order chi connectivity index (χ1) is 11.6.